The van der Waals surface area contributed by atoms with Crippen molar-refractivity contribution in [1.29, 1.82) is 0 Å². The van der Waals surface area contributed by atoms with Gasteiger partial charge in [-0.1, -0.05) is 13.3 Å². The third-order valence-corrected chi connectivity index (χ3v) is 1.66. The zero-order valence-corrected chi connectivity index (χ0v) is 7.60. The Kier molecular flexibility index (Phi) is 4.63. The Labute approximate surface area is 67.3 Å². The summed E-state index contributed by atoms with van der Waals surface area (Å²) < 4.78 is 25.1. The molecule has 0 fully saturated rings. The summed E-state index contributed by atoms with van der Waals surface area (Å²) in [5.74, 6) is 0. The Morgan fingerprint density at radius 1 is 1.55 bits per heavy atom. The molecule has 0 amide bonds. The summed E-state index contributed by atoms with van der Waals surface area (Å²) in [6.45, 7) is 1.95. The summed E-state index contributed by atoms with van der Waals surface area (Å²) >= 11 is 0. The summed E-state index contributed by atoms with van der Waals surface area (Å²) in [5.41, 5.74) is 0. The van der Waals surface area contributed by atoms with E-state index in [9.17, 15) is 8.42 Å². The third kappa shape index (κ3) is 7.77. The van der Waals surface area contributed by atoms with Crippen molar-refractivity contribution in [1.82, 2.24) is 0 Å². The van der Waals surface area contributed by atoms with Crippen LogP contribution in [-0.4, -0.2) is 26.1 Å². The highest BCUT2D eigenvalue weighted by Gasteiger charge is 2.10. The molecule has 0 aliphatic carbocycles. The van der Waals surface area contributed by atoms with Gasteiger partial charge in [0.25, 0.3) is 10.1 Å². The highest BCUT2D eigenvalue weighted by atomic mass is 32.2. The van der Waals surface area contributed by atoms with Gasteiger partial charge in [-0.15, -0.1) is 0 Å². The number of unbranched alkanes of at least 4 members (excludes halogenated alkanes) is 1. The predicted octanol–water partition coefficient (Wildman–Crippen LogP) is 0.471. The molecule has 0 saturated carbocycles. The van der Waals surface area contributed by atoms with Crippen LogP contribution in [0.1, 0.15) is 26.2 Å². The van der Waals surface area contributed by atoms with E-state index in [1.165, 1.54) is 0 Å². The molecule has 0 aromatic carbocycles. The van der Waals surface area contributed by atoms with Gasteiger partial charge in [0, 0.05) is 0 Å². The van der Waals surface area contributed by atoms with E-state index in [-0.39, 0.29) is 0 Å². The Morgan fingerprint density at radius 2 is 2.09 bits per heavy atom. The van der Waals surface area contributed by atoms with E-state index >= 15 is 0 Å². The van der Waals surface area contributed by atoms with E-state index in [4.69, 9.17) is 5.11 Å². The molecule has 1 unspecified atom stereocenters. The smallest absolute Gasteiger partial charge is 0.266 e. The monoisotopic (exact) mass is 182 g/mol. The van der Waals surface area contributed by atoms with E-state index < -0.39 is 16.4 Å². The van der Waals surface area contributed by atoms with Crippen molar-refractivity contribution in [2.45, 2.75) is 32.5 Å². The zero-order chi connectivity index (χ0) is 8.91. The lowest BCUT2D eigenvalue weighted by Crippen LogP contribution is -2.16. The predicted molar refractivity (Wildman–Crippen MR) is 41.5 cm³/mol. The first-order chi connectivity index (χ1) is 4.95. The van der Waals surface area contributed by atoms with Gasteiger partial charge in [-0.25, -0.2) is 4.18 Å². The molecule has 0 aromatic heterocycles. The van der Waals surface area contributed by atoms with Crippen LogP contribution in [-0.2, 0) is 14.3 Å². The summed E-state index contributed by atoms with van der Waals surface area (Å²) in [7, 11) is -3.50. The van der Waals surface area contributed by atoms with Crippen LogP contribution in [0.5, 0.6) is 0 Å². The summed E-state index contributed by atoms with van der Waals surface area (Å²) in [4.78, 5) is 0. The molecule has 1 N–H and O–H groups in total. The van der Waals surface area contributed by atoms with Crippen LogP contribution in [0.25, 0.3) is 0 Å². The second-order valence-corrected chi connectivity index (χ2v) is 4.00. The fourth-order valence-electron chi connectivity index (χ4n) is 0.629. The molecule has 0 radical (unpaired) electrons. The molecule has 1 atom stereocenters. The Morgan fingerprint density at radius 3 is 2.45 bits per heavy atom. The van der Waals surface area contributed by atoms with Gasteiger partial charge in [-0.3, -0.25) is 0 Å². The number of hydrogen-bond donors (Lipinski definition) is 1. The molecule has 0 rings (SSSR count). The largest absolute Gasteiger partial charge is 0.367 e. The first-order valence-corrected chi connectivity index (χ1v) is 5.33. The van der Waals surface area contributed by atoms with Gasteiger partial charge < -0.3 is 5.11 Å². The fraction of sp³-hybridized carbons (Fsp3) is 1.00. The molecule has 0 bridgehead atoms. The molecule has 68 valence electrons. The highest BCUT2D eigenvalue weighted by molar-refractivity contribution is 7.86. The molecular weight excluding hydrogens is 168 g/mol. The van der Waals surface area contributed by atoms with Crippen molar-refractivity contribution in [3.05, 3.63) is 0 Å². The maximum absolute atomic E-state index is 10.4. The molecule has 0 aliphatic rings. The Hall–Kier alpha value is -0.130. The van der Waals surface area contributed by atoms with E-state index in [1.807, 2.05) is 6.92 Å². The quantitative estimate of drug-likeness (QED) is 0.496. The maximum atomic E-state index is 10.4. The van der Waals surface area contributed by atoms with Crippen LogP contribution in [0.4, 0.5) is 0 Å². The van der Waals surface area contributed by atoms with Gasteiger partial charge in [0.1, 0.15) is 0 Å². The Balaban J connectivity index is 3.61. The second kappa shape index (κ2) is 4.69. The third-order valence-electron chi connectivity index (χ3n) is 1.09. The number of aliphatic hydroxyl groups excluding tert-OH is 1. The lowest BCUT2D eigenvalue weighted by Gasteiger charge is -2.07. The van der Waals surface area contributed by atoms with Gasteiger partial charge in [-0.2, -0.15) is 8.42 Å². The average Bonchev–Trinajstić information content (AvgIpc) is 1.79. The van der Waals surface area contributed by atoms with E-state index in [1.54, 1.807) is 0 Å². The minimum Gasteiger partial charge on any atom is -0.367 e. The Bertz CT molecular complexity index is 185. The first kappa shape index (κ1) is 10.9. The minimum atomic E-state index is -3.50. The van der Waals surface area contributed by atoms with E-state index in [0.29, 0.717) is 6.42 Å². The van der Waals surface area contributed by atoms with Crippen molar-refractivity contribution >= 4 is 10.1 Å². The van der Waals surface area contributed by atoms with Gasteiger partial charge in [0.2, 0.25) is 0 Å². The van der Waals surface area contributed by atoms with Crippen molar-refractivity contribution in [3.8, 4) is 0 Å². The molecular formula is C6H14O4S. The lowest BCUT2D eigenvalue weighted by atomic mass is 10.2. The number of aliphatic hydroxyl groups is 1. The molecule has 0 spiro atoms. The molecule has 5 heteroatoms. The van der Waals surface area contributed by atoms with Gasteiger partial charge in [0.15, 0.2) is 6.29 Å². The highest BCUT2D eigenvalue weighted by Crippen LogP contribution is 2.03. The average molecular weight is 182 g/mol. The van der Waals surface area contributed by atoms with Crippen molar-refractivity contribution < 1.29 is 17.7 Å². The normalized spacial score (nSPS) is 14.8. The van der Waals surface area contributed by atoms with Crippen LogP contribution in [0.2, 0.25) is 0 Å². The summed E-state index contributed by atoms with van der Waals surface area (Å²) in [6.07, 6.45) is 1.78. The van der Waals surface area contributed by atoms with Crippen LogP contribution in [0, 0.1) is 0 Å². The van der Waals surface area contributed by atoms with Crippen LogP contribution in [0.3, 0.4) is 0 Å². The molecule has 0 saturated heterocycles. The molecule has 0 aliphatic heterocycles. The van der Waals surface area contributed by atoms with Crippen LogP contribution in [0.15, 0.2) is 0 Å². The molecule has 0 aromatic rings. The van der Waals surface area contributed by atoms with Gasteiger partial charge in [0.05, 0.1) is 6.26 Å². The SMILES string of the molecule is CCCCC(O)OS(C)(=O)=O. The van der Waals surface area contributed by atoms with E-state index in [2.05, 4.69) is 4.18 Å². The summed E-state index contributed by atoms with van der Waals surface area (Å²) in [6, 6.07) is 0. The van der Waals surface area contributed by atoms with Gasteiger partial charge in [-0.05, 0) is 12.8 Å². The summed E-state index contributed by atoms with van der Waals surface area (Å²) in [5, 5.41) is 8.91. The topological polar surface area (TPSA) is 63.6 Å². The van der Waals surface area contributed by atoms with Gasteiger partial charge >= 0.3 is 0 Å². The number of hydrogen-bond acceptors (Lipinski definition) is 4. The molecule has 4 nitrogen and oxygen atoms in total. The first-order valence-electron chi connectivity index (χ1n) is 3.52. The lowest BCUT2D eigenvalue weighted by molar-refractivity contribution is -0.0182. The standard InChI is InChI=1S/C6H14O4S/c1-3-4-5-6(7)10-11(2,8)9/h6-7H,3-5H2,1-2H3. The molecule has 0 heterocycles. The zero-order valence-electron chi connectivity index (χ0n) is 6.78. The molecule has 11 heavy (non-hydrogen) atoms. The van der Waals surface area contributed by atoms with Crippen molar-refractivity contribution in [3.63, 3.8) is 0 Å². The van der Waals surface area contributed by atoms with Crippen LogP contribution < -0.4 is 0 Å². The van der Waals surface area contributed by atoms with Crippen LogP contribution >= 0.6 is 0 Å². The van der Waals surface area contributed by atoms with E-state index in [0.717, 1.165) is 19.1 Å². The number of rotatable bonds is 5. The maximum Gasteiger partial charge on any atom is 0.266 e. The van der Waals surface area contributed by atoms with Crippen molar-refractivity contribution in [2.24, 2.45) is 0 Å². The minimum absolute atomic E-state index is 0.365. The second-order valence-electron chi connectivity index (χ2n) is 2.40. The van der Waals surface area contributed by atoms with Crippen molar-refractivity contribution in [2.75, 3.05) is 6.26 Å². The fourth-order valence-corrected chi connectivity index (χ4v) is 1.13.